The summed E-state index contributed by atoms with van der Waals surface area (Å²) >= 11 is 5.99. The highest BCUT2D eigenvalue weighted by atomic mass is 35.5. The summed E-state index contributed by atoms with van der Waals surface area (Å²) in [5.41, 5.74) is 2.36. The van der Waals surface area contributed by atoms with Gasteiger partial charge in [0.05, 0.1) is 11.4 Å². The van der Waals surface area contributed by atoms with Crippen molar-refractivity contribution in [3.63, 3.8) is 0 Å². The first-order chi connectivity index (χ1) is 13.4. The van der Waals surface area contributed by atoms with Gasteiger partial charge in [-0.2, -0.15) is 0 Å². The van der Waals surface area contributed by atoms with E-state index < -0.39 is 0 Å². The number of halogens is 1. The van der Waals surface area contributed by atoms with Crippen LogP contribution in [0.25, 0.3) is 11.4 Å². The lowest BCUT2D eigenvalue weighted by Gasteiger charge is -2.40. The van der Waals surface area contributed by atoms with Crippen LogP contribution in [0, 0.1) is 5.41 Å². The van der Waals surface area contributed by atoms with Crippen molar-refractivity contribution in [3.05, 3.63) is 69.9 Å². The molecule has 0 saturated carbocycles. The molecule has 7 heteroatoms. The summed E-state index contributed by atoms with van der Waals surface area (Å²) in [6.45, 7) is 6.60. The maximum absolute atomic E-state index is 12.8. The number of rotatable bonds is 4. The zero-order valence-electron chi connectivity index (χ0n) is 16.0. The van der Waals surface area contributed by atoms with Crippen LogP contribution in [-0.2, 0) is 13.0 Å². The molecule has 0 aliphatic carbocycles. The van der Waals surface area contributed by atoms with Gasteiger partial charge in [0.25, 0.3) is 5.56 Å². The summed E-state index contributed by atoms with van der Waals surface area (Å²) < 4.78 is 1.77. The fourth-order valence-corrected chi connectivity index (χ4v) is 3.74. The van der Waals surface area contributed by atoms with Gasteiger partial charge in [-0.15, -0.1) is 0 Å². The van der Waals surface area contributed by atoms with Crippen molar-refractivity contribution in [2.45, 2.75) is 26.8 Å². The maximum atomic E-state index is 12.8. The quantitative estimate of drug-likeness (QED) is 0.677. The average molecular weight is 396 g/mol. The molecule has 4 rings (SSSR count). The largest absolute Gasteiger partial charge is 0.341 e. The zero-order valence-corrected chi connectivity index (χ0v) is 16.7. The van der Waals surface area contributed by atoms with Crippen LogP contribution in [0.2, 0.25) is 5.02 Å². The van der Waals surface area contributed by atoms with Crippen LogP contribution in [0.15, 0.2) is 53.7 Å². The van der Waals surface area contributed by atoms with Gasteiger partial charge in [0.1, 0.15) is 6.33 Å². The van der Waals surface area contributed by atoms with Crippen molar-refractivity contribution < 1.29 is 0 Å². The van der Waals surface area contributed by atoms with E-state index >= 15 is 0 Å². The molecule has 0 bridgehead atoms. The maximum Gasteiger partial charge on any atom is 0.255 e. The van der Waals surface area contributed by atoms with E-state index in [4.69, 9.17) is 16.6 Å². The van der Waals surface area contributed by atoms with E-state index in [9.17, 15) is 4.79 Å². The van der Waals surface area contributed by atoms with Gasteiger partial charge in [0.2, 0.25) is 5.95 Å². The SMILES string of the molecule is CC1(C)CN(CCc2ccc(Cl)cc2)c2nc(-c3ccncn3)cc(=O)n2C1. The van der Waals surface area contributed by atoms with E-state index in [1.54, 1.807) is 22.9 Å². The highest BCUT2D eigenvalue weighted by Gasteiger charge is 2.32. The first-order valence-corrected chi connectivity index (χ1v) is 9.67. The smallest absolute Gasteiger partial charge is 0.255 e. The zero-order chi connectivity index (χ0) is 19.7. The molecule has 3 heterocycles. The molecule has 0 fully saturated rings. The van der Waals surface area contributed by atoms with E-state index in [1.807, 2.05) is 24.3 Å². The molecule has 1 aliphatic heterocycles. The summed E-state index contributed by atoms with van der Waals surface area (Å²) in [5, 5.41) is 0.732. The van der Waals surface area contributed by atoms with Crippen molar-refractivity contribution in [1.82, 2.24) is 19.5 Å². The second-order valence-corrected chi connectivity index (χ2v) is 8.36. The number of hydrogen-bond acceptors (Lipinski definition) is 5. The first kappa shape index (κ1) is 18.6. The third-order valence-electron chi connectivity index (χ3n) is 4.90. The van der Waals surface area contributed by atoms with Gasteiger partial charge >= 0.3 is 0 Å². The minimum absolute atomic E-state index is 0.0189. The lowest BCUT2D eigenvalue weighted by atomic mass is 9.91. The molecule has 0 saturated heterocycles. The predicted octanol–water partition coefficient (Wildman–Crippen LogP) is 3.44. The average Bonchev–Trinajstić information content (AvgIpc) is 2.68. The summed E-state index contributed by atoms with van der Waals surface area (Å²) in [6, 6.07) is 11.2. The van der Waals surface area contributed by atoms with Gasteiger partial charge in [-0.25, -0.2) is 15.0 Å². The molecule has 3 aromatic rings. The summed E-state index contributed by atoms with van der Waals surface area (Å²) in [6.07, 6.45) is 3.97. The van der Waals surface area contributed by atoms with E-state index in [0.717, 1.165) is 24.5 Å². The molecule has 1 aliphatic rings. The minimum atomic E-state index is -0.0529. The molecule has 0 unspecified atom stereocenters. The molecule has 28 heavy (non-hydrogen) atoms. The fraction of sp³-hybridized carbons (Fsp3) is 0.333. The topological polar surface area (TPSA) is 63.9 Å². The Hall–Kier alpha value is -2.73. The molecule has 144 valence electrons. The summed E-state index contributed by atoms with van der Waals surface area (Å²) in [7, 11) is 0. The number of aromatic nitrogens is 4. The van der Waals surface area contributed by atoms with Gasteiger partial charge in [0.15, 0.2) is 0 Å². The molecule has 0 amide bonds. The molecular weight excluding hydrogens is 374 g/mol. The number of nitrogens with zero attached hydrogens (tertiary/aromatic N) is 5. The second kappa shape index (κ2) is 7.36. The molecule has 0 radical (unpaired) electrons. The van der Waals surface area contributed by atoms with Crippen LogP contribution in [0.5, 0.6) is 0 Å². The van der Waals surface area contributed by atoms with Crippen molar-refractivity contribution in [2.75, 3.05) is 18.0 Å². The van der Waals surface area contributed by atoms with Crippen LogP contribution in [0.3, 0.4) is 0 Å². The number of anilines is 1. The van der Waals surface area contributed by atoms with Crippen LogP contribution >= 0.6 is 11.6 Å². The Balaban J connectivity index is 1.69. The molecule has 1 aromatic carbocycles. The van der Waals surface area contributed by atoms with Gasteiger partial charge in [0, 0.05) is 42.3 Å². The number of fused-ring (bicyclic) bond motifs is 1. The lowest BCUT2D eigenvalue weighted by Crippen LogP contribution is -2.48. The highest BCUT2D eigenvalue weighted by Crippen LogP contribution is 2.30. The third kappa shape index (κ3) is 3.92. The first-order valence-electron chi connectivity index (χ1n) is 9.29. The summed E-state index contributed by atoms with van der Waals surface area (Å²) in [5.74, 6) is 0.703. The van der Waals surface area contributed by atoms with Crippen molar-refractivity contribution in [2.24, 2.45) is 5.41 Å². The van der Waals surface area contributed by atoms with Gasteiger partial charge in [-0.3, -0.25) is 9.36 Å². The monoisotopic (exact) mass is 395 g/mol. The Labute approximate surface area is 168 Å². The lowest BCUT2D eigenvalue weighted by molar-refractivity contribution is 0.274. The van der Waals surface area contributed by atoms with Crippen LogP contribution in [0.4, 0.5) is 5.95 Å². The summed E-state index contributed by atoms with van der Waals surface area (Å²) in [4.78, 5) is 28.0. The van der Waals surface area contributed by atoms with Gasteiger partial charge in [-0.1, -0.05) is 37.6 Å². The van der Waals surface area contributed by atoms with Gasteiger partial charge < -0.3 is 4.90 Å². The Morgan fingerprint density at radius 2 is 1.89 bits per heavy atom. The second-order valence-electron chi connectivity index (χ2n) is 7.92. The third-order valence-corrected chi connectivity index (χ3v) is 5.16. The van der Waals surface area contributed by atoms with E-state index in [0.29, 0.717) is 23.9 Å². The molecular formula is C21H22ClN5O. The molecule has 0 N–H and O–H groups in total. The molecule has 2 aromatic heterocycles. The van der Waals surface area contributed by atoms with Crippen LogP contribution in [0.1, 0.15) is 19.4 Å². The standard InChI is InChI=1S/C21H22ClN5O/c1-21(2)12-26(10-8-15-3-5-16(22)6-4-15)20-25-18(11-19(28)27(20)13-21)17-7-9-23-14-24-17/h3-7,9,11,14H,8,10,12-13H2,1-2H3. The molecule has 0 atom stereocenters. The Bertz CT molecular complexity index is 1030. The Morgan fingerprint density at radius 3 is 2.61 bits per heavy atom. The Kier molecular flexibility index (Phi) is 4.89. The number of benzene rings is 1. The van der Waals surface area contributed by atoms with E-state index in [2.05, 4.69) is 28.7 Å². The molecule has 6 nitrogen and oxygen atoms in total. The molecule has 0 spiro atoms. The predicted molar refractivity (Wildman–Crippen MR) is 111 cm³/mol. The van der Waals surface area contributed by atoms with E-state index in [-0.39, 0.29) is 11.0 Å². The van der Waals surface area contributed by atoms with Crippen LogP contribution in [-0.4, -0.2) is 32.6 Å². The normalized spacial score (nSPS) is 15.3. The van der Waals surface area contributed by atoms with Crippen molar-refractivity contribution in [1.29, 1.82) is 0 Å². The number of hydrogen-bond donors (Lipinski definition) is 0. The van der Waals surface area contributed by atoms with Crippen molar-refractivity contribution in [3.8, 4) is 11.4 Å². The van der Waals surface area contributed by atoms with E-state index in [1.165, 1.54) is 11.9 Å². The highest BCUT2D eigenvalue weighted by molar-refractivity contribution is 6.30. The van der Waals surface area contributed by atoms with Crippen molar-refractivity contribution >= 4 is 17.5 Å². The fourth-order valence-electron chi connectivity index (χ4n) is 3.62. The minimum Gasteiger partial charge on any atom is -0.341 e. The van der Waals surface area contributed by atoms with Gasteiger partial charge in [-0.05, 0) is 30.2 Å². The Morgan fingerprint density at radius 1 is 1.11 bits per heavy atom. The van der Waals surface area contributed by atoms with Crippen LogP contribution < -0.4 is 10.5 Å².